The van der Waals surface area contributed by atoms with Gasteiger partial charge in [-0.05, 0) is 12.8 Å². The van der Waals surface area contributed by atoms with Crippen LogP contribution in [0.1, 0.15) is 24.6 Å². The zero-order valence-corrected chi connectivity index (χ0v) is 19.5. The van der Waals surface area contributed by atoms with E-state index in [0.29, 0.717) is 25.6 Å². The summed E-state index contributed by atoms with van der Waals surface area (Å²) >= 11 is 1.81. The molecule has 2 saturated heterocycles. The Bertz CT molecular complexity index is 685. The number of hydrogen-bond donors (Lipinski definition) is 2. The Kier molecular flexibility index (Phi) is 9.08. The smallest absolute Gasteiger partial charge is 0.215 e. The average Bonchev–Trinajstić information content (AvgIpc) is 3.21. The van der Waals surface area contributed by atoms with Crippen molar-refractivity contribution < 1.29 is 8.42 Å². The van der Waals surface area contributed by atoms with Gasteiger partial charge in [-0.15, -0.1) is 24.0 Å². The van der Waals surface area contributed by atoms with E-state index in [9.17, 15) is 8.42 Å². The number of sulfonamides is 1. The lowest BCUT2D eigenvalue weighted by Gasteiger charge is -2.33. The maximum absolute atomic E-state index is 12.4. The molecule has 3 heterocycles. The van der Waals surface area contributed by atoms with Gasteiger partial charge in [0.15, 0.2) is 5.96 Å². The molecule has 0 bridgehead atoms. The number of piperidine rings is 1. The van der Waals surface area contributed by atoms with Gasteiger partial charge < -0.3 is 10.2 Å². The molecule has 0 unspecified atom stereocenters. The number of guanidine groups is 1. The van der Waals surface area contributed by atoms with Crippen LogP contribution >= 0.6 is 35.7 Å². The summed E-state index contributed by atoms with van der Waals surface area (Å²) in [6, 6.07) is 0. The summed E-state index contributed by atoms with van der Waals surface area (Å²) in [5.74, 6) is 3.97. The predicted octanol–water partition coefficient (Wildman–Crippen LogP) is 0.556. The van der Waals surface area contributed by atoms with E-state index in [0.717, 1.165) is 49.2 Å². The molecule has 2 aliphatic rings. The van der Waals surface area contributed by atoms with Crippen molar-refractivity contribution in [2.75, 3.05) is 57.0 Å². The summed E-state index contributed by atoms with van der Waals surface area (Å²) in [7, 11) is -1.45. The third kappa shape index (κ3) is 6.19. The Morgan fingerprint density at radius 3 is 2.63 bits per heavy atom. The SMILES string of the molecule is CN=C(NCCS(=O)(=O)N1CCSCC1)N1CCC(c2ncn[nH]2)CC1.I. The Morgan fingerprint density at radius 1 is 1.33 bits per heavy atom. The lowest BCUT2D eigenvalue weighted by Crippen LogP contribution is -2.47. The van der Waals surface area contributed by atoms with Crippen molar-refractivity contribution in [1.29, 1.82) is 0 Å². The molecule has 1 aromatic rings. The third-order valence-electron chi connectivity index (χ3n) is 4.83. The van der Waals surface area contributed by atoms with E-state index < -0.39 is 10.0 Å². The standard InChI is InChI=1S/C15H27N7O2S2.HI/c1-16-15(17-4-11-26(23,24)22-7-9-25-10-8-22)21-5-2-13(3-6-21)14-18-12-19-20-14;/h12-13H,2-11H2,1H3,(H,16,17)(H,18,19,20);1H. The van der Waals surface area contributed by atoms with E-state index in [-0.39, 0.29) is 29.7 Å². The molecule has 27 heavy (non-hydrogen) atoms. The largest absolute Gasteiger partial charge is 0.355 e. The van der Waals surface area contributed by atoms with Gasteiger partial charge >= 0.3 is 0 Å². The first kappa shape index (κ1) is 22.7. The van der Waals surface area contributed by atoms with E-state index in [2.05, 4.69) is 30.4 Å². The topological polar surface area (TPSA) is 107 Å². The van der Waals surface area contributed by atoms with Crippen LogP contribution in [0.3, 0.4) is 0 Å². The predicted molar refractivity (Wildman–Crippen MR) is 119 cm³/mol. The molecule has 2 aliphatic heterocycles. The molecule has 0 aliphatic carbocycles. The highest BCUT2D eigenvalue weighted by Gasteiger charge is 2.26. The number of nitrogens with zero attached hydrogens (tertiary/aromatic N) is 5. The van der Waals surface area contributed by atoms with Gasteiger partial charge in [0, 0.05) is 57.2 Å². The van der Waals surface area contributed by atoms with Crippen molar-refractivity contribution >= 4 is 51.7 Å². The highest BCUT2D eigenvalue weighted by atomic mass is 127. The third-order valence-corrected chi connectivity index (χ3v) is 7.65. The van der Waals surface area contributed by atoms with Crippen LogP contribution in [-0.4, -0.2) is 95.8 Å². The lowest BCUT2D eigenvalue weighted by molar-refractivity contribution is 0.299. The van der Waals surface area contributed by atoms with Crippen molar-refractivity contribution in [2.45, 2.75) is 18.8 Å². The molecule has 2 fully saturated rings. The Morgan fingerprint density at radius 2 is 2.04 bits per heavy atom. The minimum absolute atomic E-state index is 0. The normalized spacial score (nSPS) is 20.3. The van der Waals surface area contributed by atoms with Crippen LogP contribution in [0.2, 0.25) is 0 Å². The number of aliphatic imine (C=N–C) groups is 1. The number of aromatic amines is 1. The molecule has 9 nitrogen and oxygen atoms in total. The first-order valence-corrected chi connectivity index (χ1v) is 11.7. The molecule has 12 heteroatoms. The Balaban J connectivity index is 0.00000261. The molecular weight excluding hydrogens is 501 g/mol. The van der Waals surface area contributed by atoms with Crippen LogP contribution in [0.4, 0.5) is 0 Å². The Hall–Kier alpha value is -0.600. The summed E-state index contributed by atoms with van der Waals surface area (Å²) in [4.78, 5) is 10.7. The molecule has 0 radical (unpaired) electrons. The maximum atomic E-state index is 12.4. The van der Waals surface area contributed by atoms with Gasteiger partial charge in [0.25, 0.3) is 0 Å². The van der Waals surface area contributed by atoms with Crippen LogP contribution in [-0.2, 0) is 10.0 Å². The molecule has 1 aromatic heterocycles. The highest BCUT2D eigenvalue weighted by Crippen LogP contribution is 2.24. The summed E-state index contributed by atoms with van der Waals surface area (Å²) < 4.78 is 26.4. The zero-order chi connectivity index (χ0) is 18.4. The molecular formula is C15H28IN7O2S2. The van der Waals surface area contributed by atoms with E-state index in [4.69, 9.17) is 0 Å². The maximum Gasteiger partial charge on any atom is 0.215 e. The molecule has 2 N–H and O–H groups in total. The fraction of sp³-hybridized carbons (Fsp3) is 0.800. The number of rotatable bonds is 5. The van der Waals surface area contributed by atoms with Crippen LogP contribution < -0.4 is 5.32 Å². The quantitative estimate of drug-likeness (QED) is 0.326. The number of likely N-dealkylation sites (tertiary alicyclic amines) is 1. The van der Waals surface area contributed by atoms with Gasteiger partial charge in [-0.3, -0.25) is 10.1 Å². The number of aromatic nitrogens is 3. The van der Waals surface area contributed by atoms with Gasteiger partial charge in [-0.2, -0.15) is 16.9 Å². The molecule has 0 saturated carbocycles. The van der Waals surface area contributed by atoms with E-state index in [1.807, 2.05) is 0 Å². The van der Waals surface area contributed by atoms with E-state index in [1.54, 1.807) is 29.4 Å². The van der Waals surface area contributed by atoms with Crippen LogP contribution in [0.25, 0.3) is 0 Å². The summed E-state index contributed by atoms with van der Waals surface area (Å²) in [5.41, 5.74) is 0. The second-order valence-electron chi connectivity index (χ2n) is 6.43. The highest BCUT2D eigenvalue weighted by molar-refractivity contribution is 14.0. The first-order valence-electron chi connectivity index (χ1n) is 8.96. The van der Waals surface area contributed by atoms with Crippen molar-refractivity contribution in [2.24, 2.45) is 4.99 Å². The number of nitrogens with one attached hydrogen (secondary N) is 2. The summed E-state index contributed by atoms with van der Waals surface area (Å²) in [6.45, 7) is 3.34. The van der Waals surface area contributed by atoms with E-state index >= 15 is 0 Å². The first-order chi connectivity index (χ1) is 12.6. The number of thioether (sulfide) groups is 1. The molecule has 0 amide bonds. The Labute approximate surface area is 182 Å². The van der Waals surface area contributed by atoms with Gasteiger partial charge in [-0.1, -0.05) is 0 Å². The monoisotopic (exact) mass is 529 g/mol. The van der Waals surface area contributed by atoms with Crippen LogP contribution in [0, 0.1) is 0 Å². The van der Waals surface area contributed by atoms with Gasteiger partial charge in [-0.25, -0.2) is 17.7 Å². The molecule has 154 valence electrons. The molecule has 0 spiro atoms. The van der Waals surface area contributed by atoms with Crippen molar-refractivity contribution in [1.82, 2.24) is 29.7 Å². The van der Waals surface area contributed by atoms with Crippen LogP contribution in [0.5, 0.6) is 0 Å². The number of halogens is 1. The molecule has 3 rings (SSSR count). The minimum atomic E-state index is -3.19. The minimum Gasteiger partial charge on any atom is -0.355 e. The van der Waals surface area contributed by atoms with E-state index in [1.165, 1.54) is 0 Å². The summed E-state index contributed by atoms with van der Waals surface area (Å²) in [6.07, 6.45) is 3.49. The van der Waals surface area contributed by atoms with Crippen LogP contribution in [0.15, 0.2) is 11.3 Å². The molecule has 0 aromatic carbocycles. The van der Waals surface area contributed by atoms with Crippen molar-refractivity contribution in [3.8, 4) is 0 Å². The van der Waals surface area contributed by atoms with Gasteiger partial charge in [0.2, 0.25) is 10.0 Å². The summed E-state index contributed by atoms with van der Waals surface area (Å²) in [5, 5.41) is 10.1. The van der Waals surface area contributed by atoms with Gasteiger partial charge in [0.1, 0.15) is 12.2 Å². The molecule has 0 atom stereocenters. The second kappa shape index (κ2) is 10.8. The zero-order valence-electron chi connectivity index (χ0n) is 15.5. The van der Waals surface area contributed by atoms with Crippen molar-refractivity contribution in [3.63, 3.8) is 0 Å². The number of hydrogen-bond acceptors (Lipinski definition) is 6. The second-order valence-corrected chi connectivity index (χ2v) is 9.75. The van der Waals surface area contributed by atoms with Crippen molar-refractivity contribution in [3.05, 3.63) is 12.2 Å². The lowest BCUT2D eigenvalue weighted by atomic mass is 9.96. The fourth-order valence-corrected chi connectivity index (χ4v) is 5.85. The number of H-pyrrole nitrogens is 1. The average molecular weight is 529 g/mol. The fourth-order valence-electron chi connectivity index (χ4n) is 3.35. The van der Waals surface area contributed by atoms with Gasteiger partial charge in [0.05, 0.1) is 5.75 Å².